The number of halogens is 1. The average Bonchev–Trinajstić information content (AvgIpc) is 2.57. The highest BCUT2D eigenvalue weighted by Crippen LogP contribution is 2.37. The largest absolute Gasteiger partial charge is 0.342 e. The lowest BCUT2D eigenvalue weighted by Gasteiger charge is -2.42. The first-order valence-electron chi connectivity index (χ1n) is 8.69. The van der Waals surface area contributed by atoms with Crippen LogP contribution in [-0.2, 0) is 11.3 Å². The second-order valence-electron chi connectivity index (χ2n) is 7.30. The second kappa shape index (κ2) is 5.83. The molecular weight excluding hydrogens is 319 g/mol. The Morgan fingerprint density at radius 2 is 1.96 bits per heavy atom. The Bertz CT molecular complexity index is 918. The number of rotatable bonds is 1. The summed E-state index contributed by atoms with van der Waals surface area (Å²) in [6.07, 6.45) is 0.995. The Kier molecular flexibility index (Phi) is 3.74. The highest BCUT2D eigenvalue weighted by atomic mass is 19.1. The van der Waals surface area contributed by atoms with Crippen molar-refractivity contribution in [1.82, 2.24) is 9.47 Å². The molecule has 3 heterocycles. The Balaban J connectivity index is 1.82. The van der Waals surface area contributed by atoms with Crippen LogP contribution in [0.2, 0.25) is 0 Å². The number of pyridine rings is 1. The molecule has 4 rings (SSSR count). The third-order valence-electron chi connectivity index (χ3n) is 5.51. The molecule has 0 aliphatic carbocycles. The van der Waals surface area contributed by atoms with Crippen LogP contribution in [0.25, 0.3) is 11.1 Å². The van der Waals surface area contributed by atoms with E-state index in [1.165, 1.54) is 12.1 Å². The zero-order chi connectivity index (χ0) is 17.7. The highest BCUT2D eigenvalue weighted by molar-refractivity contribution is 5.73. The van der Waals surface area contributed by atoms with E-state index in [0.29, 0.717) is 19.0 Å². The van der Waals surface area contributed by atoms with Crippen molar-refractivity contribution in [3.8, 4) is 11.1 Å². The maximum atomic E-state index is 13.7. The number of benzene rings is 1. The zero-order valence-electron chi connectivity index (χ0n) is 14.5. The third kappa shape index (κ3) is 2.77. The van der Waals surface area contributed by atoms with Gasteiger partial charge in [-0.25, -0.2) is 4.39 Å². The topological polar surface area (TPSA) is 42.3 Å². The normalized spacial score (nSPS) is 21.8. The van der Waals surface area contributed by atoms with E-state index in [0.717, 1.165) is 35.3 Å². The van der Waals surface area contributed by atoms with Crippen molar-refractivity contribution in [2.24, 2.45) is 5.92 Å². The molecule has 1 aromatic heterocycles. The van der Waals surface area contributed by atoms with E-state index in [1.807, 2.05) is 22.5 Å². The summed E-state index contributed by atoms with van der Waals surface area (Å²) in [5.41, 5.74) is 3.37. The third-order valence-corrected chi connectivity index (χ3v) is 5.51. The summed E-state index contributed by atoms with van der Waals surface area (Å²) < 4.78 is 15.5. The van der Waals surface area contributed by atoms with Crippen LogP contribution in [0.3, 0.4) is 0 Å². The van der Waals surface area contributed by atoms with Crippen LogP contribution in [0, 0.1) is 18.7 Å². The predicted octanol–water partition coefficient (Wildman–Crippen LogP) is 2.93. The lowest BCUT2D eigenvalue weighted by atomic mass is 9.82. The molecule has 1 saturated heterocycles. The first-order valence-corrected chi connectivity index (χ1v) is 8.69. The van der Waals surface area contributed by atoms with Gasteiger partial charge in [0.25, 0.3) is 5.56 Å². The Morgan fingerprint density at radius 1 is 1.16 bits per heavy atom. The summed E-state index contributed by atoms with van der Waals surface area (Å²) in [6, 6.07) is 8.26. The molecule has 2 aliphatic heterocycles. The molecule has 25 heavy (non-hydrogen) atoms. The van der Waals surface area contributed by atoms with Gasteiger partial charge in [-0.15, -0.1) is 0 Å². The monoisotopic (exact) mass is 340 g/mol. The summed E-state index contributed by atoms with van der Waals surface area (Å²) in [6.45, 7) is 5.54. The standard InChI is InChI=1S/C20H21FN2O2/c1-12-3-4-17(21)8-18(12)15-6-19-16-5-14(9-22(11-16)13(2)24)10-23(19)20(25)7-15/h3-4,6-8,14,16H,5,9-11H2,1-2H3/t14-,16+/m0/s1. The van der Waals surface area contributed by atoms with Crippen LogP contribution >= 0.6 is 0 Å². The van der Waals surface area contributed by atoms with Crippen molar-refractivity contribution < 1.29 is 9.18 Å². The number of nitrogens with zero attached hydrogens (tertiary/aromatic N) is 2. The zero-order valence-corrected chi connectivity index (χ0v) is 14.5. The lowest BCUT2D eigenvalue weighted by Crippen LogP contribution is -2.48. The minimum atomic E-state index is -0.307. The number of likely N-dealkylation sites (tertiary alicyclic amines) is 1. The number of carbonyl (C=O) groups excluding carboxylic acids is 1. The molecule has 0 spiro atoms. The van der Waals surface area contributed by atoms with Crippen molar-refractivity contribution in [3.05, 3.63) is 57.8 Å². The molecule has 1 aromatic carbocycles. The SMILES string of the molecule is CC(=O)N1C[C@@H]2C[C@H](C1)c1cc(-c3cc(F)ccc3C)cc(=O)n1C2. The molecule has 0 unspecified atom stereocenters. The van der Waals surface area contributed by atoms with Crippen LogP contribution in [-0.4, -0.2) is 28.5 Å². The first-order chi connectivity index (χ1) is 11.9. The summed E-state index contributed by atoms with van der Waals surface area (Å²) in [7, 11) is 0. The Morgan fingerprint density at radius 3 is 2.72 bits per heavy atom. The molecule has 0 saturated carbocycles. The van der Waals surface area contributed by atoms with Crippen molar-refractivity contribution in [2.45, 2.75) is 32.7 Å². The van der Waals surface area contributed by atoms with Gasteiger partial charge in [-0.2, -0.15) is 0 Å². The fourth-order valence-electron chi connectivity index (χ4n) is 4.28. The van der Waals surface area contributed by atoms with Crippen LogP contribution in [0.4, 0.5) is 4.39 Å². The van der Waals surface area contributed by atoms with Gasteiger partial charge in [0.2, 0.25) is 5.91 Å². The number of hydrogen-bond donors (Lipinski definition) is 0. The maximum absolute atomic E-state index is 13.7. The molecule has 130 valence electrons. The van der Waals surface area contributed by atoms with Gasteiger partial charge in [-0.3, -0.25) is 9.59 Å². The number of amides is 1. The van der Waals surface area contributed by atoms with E-state index in [4.69, 9.17) is 0 Å². The molecule has 2 aliphatic rings. The molecule has 2 bridgehead atoms. The quantitative estimate of drug-likeness (QED) is 0.801. The van der Waals surface area contributed by atoms with Gasteiger partial charge in [0, 0.05) is 44.2 Å². The average molecular weight is 340 g/mol. The molecule has 1 amide bonds. The number of fused-ring (bicyclic) bond motifs is 4. The van der Waals surface area contributed by atoms with Crippen molar-refractivity contribution in [3.63, 3.8) is 0 Å². The minimum absolute atomic E-state index is 0.0397. The van der Waals surface area contributed by atoms with Gasteiger partial charge in [-0.05, 0) is 54.2 Å². The molecule has 0 radical (unpaired) electrons. The fraction of sp³-hybridized carbons (Fsp3) is 0.400. The van der Waals surface area contributed by atoms with Crippen molar-refractivity contribution >= 4 is 5.91 Å². The molecule has 0 N–H and O–H groups in total. The van der Waals surface area contributed by atoms with Crippen LogP contribution in [0.1, 0.15) is 30.5 Å². The number of aromatic nitrogens is 1. The summed E-state index contributed by atoms with van der Waals surface area (Å²) in [5, 5.41) is 0. The van der Waals surface area contributed by atoms with E-state index < -0.39 is 0 Å². The van der Waals surface area contributed by atoms with Gasteiger partial charge in [0.15, 0.2) is 0 Å². The van der Waals surface area contributed by atoms with Gasteiger partial charge >= 0.3 is 0 Å². The van der Waals surface area contributed by atoms with Crippen molar-refractivity contribution in [1.29, 1.82) is 0 Å². The van der Waals surface area contributed by atoms with E-state index in [-0.39, 0.29) is 23.2 Å². The van der Waals surface area contributed by atoms with Crippen LogP contribution in [0.15, 0.2) is 35.1 Å². The molecule has 2 atom stereocenters. The fourth-order valence-corrected chi connectivity index (χ4v) is 4.28. The predicted molar refractivity (Wildman–Crippen MR) is 93.9 cm³/mol. The second-order valence-corrected chi connectivity index (χ2v) is 7.30. The molecule has 4 nitrogen and oxygen atoms in total. The van der Waals surface area contributed by atoms with Crippen molar-refractivity contribution in [2.75, 3.05) is 13.1 Å². The van der Waals surface area contributed by atoms with Gasteiger partial charge in [-0.1, -0.05) is 6.07 Å². The number of piperidine rings is 1. The van der Waals surface area contributed by atoms with Crippen LogP contribution < -0.4 is 5.56 Å². The number of hydrogen-bond acceptors (Lipinski definition) is 2. The molecule has 5 heteroatoms. The van der Waals surface area contributed by atoms with E-state index in [1.54, 1.807) is 19.1 Å². The minimum Gasteiger partial charge on any atom is -0.342 e. The molecule has 1 fully saturated rings. The van der Waals surface area contributed by atoms with Gasteiger partial charge < -0.3 is 9.47 Å². The van der Waals surface area contributed by atoms with Crippen LogP contribution in [0.5, 0.6) is 0 Å². The van der Waals surface area contributed by atoms with Gasteiger partial charge in [0.05, 0.1) is 0 Å². The Labute approximate surface area is 145 Å². The summed E-state index contributed by atoms with van der Waals surface area (Å²) in [4.78, 5) is 26.4. The number of aryl methyl sites for hydroxylation is 1. The summed E-state index contributed by atoms with van der Waals surface area (Å²) >= 11 is 0. The Hall–Kier alpha value is -2.43. The van der Waals surface area contributed by atoms with E-state index >= 15 is 0 Å². The van der Waals surface area contributed by atoms with Gasteiger partial charge in [0.1, 0.15) is 5.82 Å². The first kappa shape index (κ1) is 16.1. The molecule has 2 aromatic rings. The number of carbonyl (C=O) groups is 1. The summed E-state index contributed by atoms with van der Waals surface area (Å²) in [5.74, 6) is 0.272. The smallest absolute Gasteiger partial charge is 0.251 e. The van der Waals surface area contributed by atoms with E-state index in [2.05, 4.69) is 0 Å². The molecular formula is C20H21FN2O2. The van der Waals surface area contributed by atoms with E-state index in [9.17, 15) is 14.0 Å². The maximum Gasteiger partial charge on any atom is 0.251 e. The highest BCUT2D eigenvalue weighted by Gasteiger charge is 2.35. The lowest BCUT2D eigenvalue weighted by molar-refractivity contribution is -0.131.